The molecule has 5 amide bonds. The van der Waals surface area contributed by atoms with E-state index in [4.69, 9.17) is 23.7 Å². The van der Waals surface area contributed by atoms with Gasteiger partial charge in [-0.25, -0.2) is 14.4 Å². The maximum atomic E-state index is 12.1. The first-order valence-corrected chi connectivity index (χ1v) is 28.5. The lowest BCUT2D eigenvalue weighted by Gasteiger charge is -2.18. The highest BCUT2D eigenvalue weighted by atomic mass is 16.6. The Kier molecular flexibility index (Phi) is 22.7. The first-order chi connectivity index (χ1) is 39.5. The Hall–Kier alpha value is -7.60. The summed E-state index contributed by atoms with van der Waals surface area (Å²) in [5.74, 6) is 3.76. The molecule has 5 aliphatic heterocycles. The Morgan fingerprint density at radius 3 is 1.15 bits per heavy atom. The number of benzene rings is 3. The van der Waals surface area contributed by atoms with Gasteiger partial charge in [0.1, 0.15) is 25.6 Å². The third-order valence-corrected chi connectivity index (χ3v) is 16.8. The molecule has 4 aliphatic carbocycles. The minimum atomic E-state index is -0.432. The van der Waals surface area contributed by atoms with Gasteiger partial charge in [-0.3, -0.25) is 29.3 Å². The van der Waals surface area contributed by atoms with Crippen molar-refractivity contribution in [2.45, 2.75) is 71.2 Å². The monoisotopic (exact) mass is 1110 g/mol. The van der Waals surface area contributed by atoms with Crippen LogP contribution in [0.2, 0.25) is 0 Å². The van der Waals surface area contributed by atoms with Crippen LogP contribution in [0.4, 0.5) is 14.4 Å². The number of nitrogens with zero attached hydrogens (tertiary/aromatic N) is 3. The van der Waals surface area contributed by atoms with Gasteiger partial charge in [-0.15, -0.1) is 0 Å². The minimum absolute atomic E-state index is 0.0764. The number of imide groups is 1. The molecule has 2 N–H and O–H groups in total. The average Bonchev–Trinajstić information content (AvgIpc) is 4.41. The van der Waals surface area contributed by atoms with Crippen molar-refractivity contribution >= 4 is 48.8 Å². The Bertz CT molecular complexity index is 2560. The molecular weight excluding hydrogens is 1030 g/mol. The molecule has 12 rings (SSSR count). The van der Waals surface area contributed by atoms with Gasteiger partial charge in [-0.1, -0.05) is 127 Å². The summed E-state index contributed by atoms with van der Waals surface area (Å²) in [7, 11) is 0. The van der Waals surface area contributed by atoms with Gasteiger partial charge in [0.2, 0.25) is 11.8 Å². The summed E-state index contributed by atoms with van der Waals surface area (Å²) in [5, 5.41) is 5.77. The molecule has 0 unspecified atom stereocenters. The topological polar surface area (TPSA) is 216 Å². The van der Waals surface area contributed by atoms with Crippen molar-refractivity contribution in [3.8, 4) is 0 Å². The van der Waals surface area contributed by atoms with Gasteiger partial charge in [0.05, 0.1) is 25.0 Å². The van der Waals surface area contributed by atoms with Gasteiger partial charge in [-0.2, -0.15) is 0 Å². The zero-order chi connectivity index (χ0) is 56.8. The van der Waals surface area contributed by atoms with Crippen LogP contribution in [-0.2, 0) is 67.5 Å². The smallest absolute Gasteiger partial charge is 0.410 e. The van der Waals surface area contributed by atoms with Crippen molar-refractivity contribution in [2.24, 2.45) is 59.2 Å². The molecule has 3 aromatic rings. The van der Waals surface area contributed by atoms with Gasteiger partial charge in [0.25, 0.3) is 12.9 Å². The maximum Gasteiger partial charge on any atom is 0.410 e. The summed E-state index contributed by atoms with van der Waals surface area (Å²) in [6, 6.07) is 28.9. The number of carbonyl (C=O) groups excluding carboxylic acids is 8. The van der Waals surface area contributed by atoms with Gasteiger partial charge in [0, 0.05) is 63.9 Å². The lowest BCUT2D eigenvalue weighted by atomic mass is 9.85. The van der Waals surface area contributed by atoms with E-state index in [9.17, 15) is 38.4 Å². The van der Waals surface area contributed by atoms with Crippen LogP contribution in [0.25, 0.3) is 0 Å². The predicted octanol–water partition coefficient (Wildman–Crippen LogP) is 8.07. The minimum Gasteiger partial charge on any atom is -0.468 e. The summed E-state index contributed by atoms with van der Waals surface area (Å²) in [6.45, 7) is 8.32. The molecule has 10 atom stereocenters. The molecule has 0 aromatic heterocycles. The number of nitrogens with one attached hydrogen (secondary N) is 2. The van der Waals surface area contributed by atoms with E-state index < -0.39 is 6.09 Å². The molecule has 5 saturated heterocycles. The fourth-order valence-corrected chi connectivity index (χ4v) is 12.2. The molecule has 5 heterocycles. The quantitative estimate of drug-likeness (QED) is 0.0759. The highest BCUT2D eigenvalue weighted by molar-refractivity contribution is 6.05. The summed E-state index contributed by atoms with van der Waals surface area (Å²) in [5.41, 5.74) is 2.93. The van der Waals surface area contributed by atoms with E-state index in [1.807, 2.05) is 108 Å². The van der Waals surface area contributed by atoms with E-state index in [1.165, 1.54) is 25.9 Å². The molecule has 18 heteroatoms. The van der Waals surface area contributed by atoms with Crippen LogP contribution < -0.4 is 10.6 Å². The molecule has 3 aromatic carbocycles. The predicted molar refractivity (Wildman–Crippen MR) is 299 cm³/mol. The van der Waals surface area contributed by atoms with E-state index in [-0.39, 0.29) is 67.5 Å². The number of amides is 5. The highest BCUT2D eigenvalue weighted by Crippen LogP contribution is 2.37. The maximum absolute atomic E-state index is 12.1. The molecule has 18 nitrogen and oxygen atoms in total. The molecule has 432 valence electrons. The zero-order valence-corrected chi connectivity index (χ0v) is 46.1. The first-order valence-electron chi connectivity index (χ1n) is 28.5. The summed E-state index contributed by atoms with van der Waals surface area (Å²) >= 11 is 0. The summed E-state index contributed by atoms with van der Waals surface area (Å²) in [4.78, 5) is 95.4. The van der Waals surface area contributed by atoms with E-state index in [0.717, 1.165) is 67.3 Å². The molecule has 81 heavy (non-hydrogen) atoms. The van der Waals surface area contributed by atoms with Crippen molar-refractivity contribution in [1.29, 1.82) is 0 Å². The number of rotatable bonds is 12. The van der Waals surface area contributed by atoms with Gasteiger partial charge in [0.15, 0.2) is 0 Å². The van der Waals surface area contributed by atoms with E-state index in [0.29, 0.717) is 94.6 Å². The second kappa shape index (κ2) is 30.8. The van der Waals surface area contributed by atoms with Crippen LogP contribution >= 0.6 is 0 Å². The largest absolute Gasteiger partial charge is 0.468 e. The molecule has 0 spiro atoms. The van der Waals surface area contributed by atoms with Gasteiger partial charge in [-0.05, 0) is 104 Å². The SMILES string of the molecule is C1=CC[C@H]2CNC[C@H]2C1.O=C(OCc1ccccc1)N1C[C@H]2CC=CC[C@H]2C1.O=C1C[C@@H]2CN(C(=O)OCc3ccccc3)C[C@@H]2C1.O=C1NC(=O)[C@@H]2CC=CC[C@H]12.O=COC[C@@H]1CN(C(=O)OCc2ccccc2)C[C@@H]1COC=O. The zero-order valence-electron chi connectivity index (χ0n) is 46.1. The third-order valence-electron chi connectivity index (χ3n) is 16.8. The molecule has 6 fully saturated rings. The standard InChI is InChI=1S/C16H19NO6.C16H19NO2.C15H17NO3.C8H9NO2.C8H13N/c18-11-21-9-14-6-17(7-15(14)10-22-12-19)16(20)23-8-13-4-2-1-3-5-13;18-16(19-12-13-6-2-1-3-7-13)17-10-14-8-4-5-9-15(14)11-17;17-14-6-12-8-16(9-13(12)7-14)15(18)19-10-11-4-2-1-3-5-11;10-7-5-3-1-2-4-6(5)8(11)9-7;1-2-4-8-6-9-5-7(8)3-1/h1-5,11-12,14-15H,6-10H2;1-7,14-15H,8-12H2;1-5,12-13H,6-10H2;1-2,5-6H,3-4H2,(H,9,10,11);1-2,7-9H,3-6H2/t2*14-,15+;12-,13+;5-,6+;7-,8+. The van der Waals surface area contributed by atoms with Crippen molar-refractivity contribution in [3.63, 3.8) is 0 Å². The average molecular weight is 1110 g/mol. The van der Waals surface area contributed by atoms with E-state index in [1.54, 1.807) is 9.80 Å². The normalized spacial score (nSPS) is 26.9. The number of likely N-dealkylation sites (tertiary alicyclic amines) is 3. The summed E-state index contributed by atoms with van der Waals surface area (Å²) in [6.07, 6.45) is 19.8. The van der Waals surface area contributed by atoms with Gasteiger partial charge < -0.3 is 43.7 Å². The van der Waals surface area contributed by atoms with Crippen molar-refractivity contribution in [2.75, 3.05) is 65.6 Å². The fraction of sp³-hybridized carbons (Fsp3) is 0.492. The van der Waals surface area contributed by atoms with Crippen LogP contribution in [-0.4, -0.2) is 129 Å². The molecule has 9 aliphatic rings. The molecule has 0 bridgehead atoms. The van der Waals surface area contributed by atoms with Crippen LogP contribution in [0.15, 0.2) is 127 Å². The second-order valence-electron chi connectivity index (χ2n) is 22.3. The Balaban J connectivity index is 0.000000137. The number of hydrogen-bond donors (Lipinski definition) is 2. The van der Waals surface area contributed by atoms with Crippen LogP contribution in [0.5, 0.6) is 0 Å². The fourth-order valence-electron chi connectivity index (χ4n) is 12.2. The van der Waals surface area contributed by atoms with Crippen molar-refractivity contribution in [1.82, 2.24) is 25.3 Å². The van der Waals surface area contributed by atoms with E-state index in [2.05, 4.69) is 34.9 Å². The van der Waals surface area contributed by atoms with Crippen LogP contribution in [0, 0.1) is 59.2 Å². The van der Waals surface area contributed by atoms with Gasteiger partial charge >= 0.3 is 18.3 Å². The van der Waals surface area contributed by atoms with Crippen LogP contribution in [0.3, 0.4) is 0 Å². The van der Waals surface area contributed by atoms with Crippen LogP contribution in [0.1, 0.15) is 68.1 Å². The lowest BCUT2D eigenvalue weighted by molar-refractivity contribution is -0.133. The first kappa shape index (κ1) is 59.5. The van der Waals surface area contributed by atoms with Crippen molar-refractivity contribution in [3.05, 3.63) is 144 Å². The van der Waals surface area contributed by atoms with Crippen molar-refractivity contribution < 1.29 is 62.0 Å². The molecule has 0 radical (unpaired) electrons. The number of Topliss-reactive ketones (excluding diaryl/α,β-unsaturated/α-hetero) is 1. The molecular formula is C63H77N5O13. The number of ketones is 1. The lowest BCUT2D eigenvalue weighted by Crippen LogP contribution is -2.30. The third kappa shape index (κ3) is 17.7. The van der Waals surface area contributed by atoms with E-state index >= 15 is 0 Å². The number of carbonyl (C=O) groups is 8. The Morgan fingerprint density at radius 1 is 0.444 bits per heavy atom. The number of fused-ring (bicyclic) bond motifs is 4. The molecule has 1 saturated carbocycles. The summed E-state index contributed by atoms with van der Waals surface area (Å²) < 4.78 is 25.5. The Morgan fingerprint density at radius 2 is 0.778 bits per heavy atom. The second-order valence-corrected chi connectivity index (χ2v) is 22.3. The number of hydrogen-bond acceptors (Lipinski definition) is 14. The number of ether oxygens (including phenoxy) is 5. The number of allylic oxidation sites excluding steroid dienone is 6. The Labute approximate surface area is 474 Å². The highest BCUT2D eigenvalue weighted by Gasteiger charge is 2.43.